The van der Waals surface area contributed by atoms with Gasteiger partial charge in [-0.2, -0.15) is 13.2 Å². The van der Waals surface area contributed by atoms with Gasteiger partial charge < -0.3 is 11.1 Å². The lowest BCUT2D eigenvalue weighted by molar-refractivity contribution is -0.137. The number of nitrogen functional groups attached to an aromatic ring is 1. The Morgan fingerprint density at radius 2 is 2.05 bits per heavy atom. The minimum Gasteiger partial charge on any atom is -0.397 e. The Labute approximate surface area is 115 Å². The smallest absolute Gasteiger partial charge is 0.397 e. The largest absolute Gasteiger partial charge is 0.416 e. The molecule has 0 saturated heterocycles. The van der Waals surface area contributed by atoms with Gasteiger partial charge in [0.15, 0.2) is 0 Å². The molecule has 2 unspecified atom stereocenters. The molecule has 0 aliphatic heterocycles. The van der Waals surface area contributed by atoms with Crippen molar-refractivity contribution < 1.29 is 18.0 Å². The molecule has 2 rings (SSSR count). The van der Waals surface area contributed by atoms with Gasteiger partial charge in [-0.05, 0) is 37.0 Å². The summed E-state index contributed by atoms with van der Waals surface area (Å²) in [6.07, 6.45) is -1.62. The molecule has 1 aliphatic rings. The van der Waals surface area contributed by atoms with Crippen molar-refractivity contribution in [1.29, 1.82) is 0 Å². The van der Waals surface area contributed by atoms with Crippen LogP contribution in [0.4, 0.5) is 24.5 Å². The van der Waals surface area contributed by atoms with E-state index in [0.29, 0.717) is 5.92 Å². The fourth-order valence-corrected chi connectivity index (χ4v) is 2.61. The lowest BCUT2D eigenvalue weighted by atomic mass is 9.97. The zero-order valence-electron chi connectivity index (χ0n) is 11.1. The molecule has 20 heavy (non-hydrogen) atoms. The summed E-state index contributed by atoms with van der Waals surface area (Å²) in [7, 11) is 0. The minimum atomic E-state index is -4.43. The Kier molecular flexibility index (Phi) is 3.92. The van der Waals surface area contributed by atoms with Gasteiger partial charge in [0.1, 0.15) is 0 Å². The van der Waals surface area contributed by atoms with E-state index in [1.54, 1.807) is 0 Å². The molecular weight excluding hydrogens is 269 g/mol. The number of rotatable bonds is 2. The highest BCUT2D eigenvalue weighted by Crippen LogP contribution is 2.35. The SMILES string of the molecule is CC1CCCC1C(=O)Nc1ccc(C(F)(F)F)cc1N. The molecule has 2 atom stereocenters. The van der Waals surface area contributed by atoms with E-state index in [-0.39, 0.29) is 23.2 Å². The van der Waals surface area contributed by atoms with Gasteiger partial charge in [-0.1, -0.05) is 13.3 Å². The molecule has 1 aromatic rings. The summed E-state index contributed by atoms with van der Waals surface area (Å²) in [6, 6.07) is 2.97. The lowest BCUT2D eigenvalue weighted by Gasteiger charge is -2.17. The second kappa shape index (κ2) is 5.34. The number of nitrogens with one attached hydrogen (secondary N) is 1. The number of halogens is 3. The zero-order valence-corrected chi connectivity index (χ0v) is 11.1. The molecule has 1 fully saturated rings. The van der Waals surface area contributed by atoms with Crippen LogP contribution in [0, 0.1) is 11.8 Å². The molecule has 0 heterocycles. The average molecular weight is 286 g/mol. The first-order chi connectivity index (χ1) is 9.29. The number of amides is 1. The number of alkyl halides is 3. The van der Waals surface area contributed by atoms with Crippen LogP contribution in [0.5, 0.6) is 0 Å². The van der Waals surface area contributed by atoms with E-state index in [2.05, 4.69) is 5.32 Å². The van der Waals surface area contributed by atoms with Crippen LogP contribution in [0.15, 0.2) is 18.2 Å². The summed E-state index contributed by atoms with van der Waals surface area (Å²) in [5, 5.41) is 2.63. The van der Waals surface area contributed by atoms with E-state index < -0.39 is 11.7 Å². The summed E-state index contributed by atoms with van der Waals surface area (Å²) < 4.78 is 37.5. The van der Waals surface area contributed by atoms with Crippen molar-refractivity contribution in [3.8, 4) is 0 Å². The first-order valence-electron chi connectivity index (χ1n) is 6.56. The average Bonchev–Trinajstić information content (AvgIpc) is 2.76. The van der Waals surface area contributed by atoms with Gasteiger partial charge in [0.25, 0.3) is 0 Å². The molecule has 0 spiro atoms. The lowest BCUT2D eigenvalue weighted by Crippen LogP contribution is -2.25. The highest BCUT2D eigenvalue weighted by molar-refractivity contribution is 5.95. The zero-order chi connectivity index (χ0) is 14.9. The summed E-state index contributed by atoms with van der Waals surface area (Å²) in [4.78, 5) is 12.1. The molecule has 0 radical (unpaired) electrons. The van der Waals surface area contributed by atoms with Crippen LogP contribution >= 0.6 is 0 Å². The second-order valence-electron chi connectivity index (χ2n) is 5.30. The molecule has 0 aromatic heterocycles. The van der Waals surface area contributed by atoms with Crippen molar-refractivity contribution in [2.45, 2.75) is 32.4 Å². The summed E-state index contributed by atoms with van der Waals surface area (Å²) in [6.45, 7) is 2.01. The maximum atomic E-state index is 12.5. The maximum Gasteiger partial charge on any atom is 0.416 e. The molecule has 1 amide bonds. The number of hydrogen-bond acceptors (Lipinski definition) is 2. The molecule has 3 nitrogen and oxygen atoms in total. The summed E-state index contributed by atoms with van der Waals surface area (Å²) >= 11 is 0. The van der Waals surface area contributed by atoms with Crippen molar-refractivity contribution in [1.82, 2.24) is 0 Å². The van der Waals surface area contributed by atoms with E-state index in [0.717, 1.165) is 31.4 Å². The van der Waals surface area contributed by atoms with Crippen LogP contribution in [-0.2, 0) is 11.0 Å². The Hall–Kier alpha value is -1.72. The van der Waals surface area contributed by atoms with Crippen LogP contribution in [0.3, 0.4) is 0 Å². The first kappa shape index (κ1) is 14.7. The molecular formula is C14H17F3N2O. The normalized spacial score (nSPS) is 22.8. The highest BCUT2D eigenvalue weighted by atomic mass is 19.4. The third kappa shape index (κ3) is 3.05. The molecule has 6 heteroatoms. The van der Waals surface area contributed by atoms with Gasteiger partial charge in [-0.25, -0.2) is 0 Å². The Bertz CT molecular complexity index is 514. The van der Waals surface area contributed by atoms with E-state index in [1.807, 2.05) is 6.92 Å². The van der Waals surface area contributed by atoms with E-state index in [1.165, 1.54) is 6.07 Å². The van der Waals surface area contributed by atoms with Crippen molar-refractivity contribution >= 4 is 17.3 Å². The molecule has 1 aliphatic carbocycles. The van der Waals surface area contributed by atoms with Crippen LogP contribution < -0.4 is 11.1 Å². The van der Waals surface area contributed by atoms with Gasteiger partial charge in [0.05, 0.1) is 16.9 Å². The van der Waals surface area contributed by atoms with Gasteiger partial charge in [-0.15, -0.1) is 0 Å². The van der Waals surface area contributed by atoms with Crippen LogP contribution in [-0.4, -0.2) is 5.91 Å². The van der Waals surface area contributed by atoms with Crippen molar-refractivity contribution in [3.63, 3.8) is 0 Å². The number of hydrogen-bond donors (Lipinski definition) is 2. The van der Waals surface area contributed by atoms with Gasteiger partial charge >= 0.3 is 6.18 Å². The third-order valence-electron chi connectivity index (χ3n) is 3.84. The fourth-order valence-electron chi connectivity index (χ4n) is 2.61. The number of carbonyl (C=O) groups excluding carboxylic acids is 1. The monoisotopic (exact) mass is 286 g/mol. The quantitative estimate of drug-likeness (QED) is 0.815. The minimum absolute atomic E-state index is 0.0705. The van der Waals surface area contributed by atoms with E-state index in [4.69, 9.17) is 5.73 Å². The summed E-state index contributed by atoms with van der Waals surface area (Å²) in [5.74, 6) is 0.0452. The Balaban J connectivity index is 2.12. The highest BCUT2D eigenvalue weighted by Gasteiger charge is 2.32. The van der Waals surface area contributed by atoms with Crippen molar-refractivity contribution in [2.75, 3.05) is 11.1 Å². The molecule has 0 bridgehead atoms. The number of anilines is 2. The van der Waals surface area contributed by atoms with E-state index in [9.17, 15) is 18.0 Å². The molecule has 1 aromatic carbocycles. The van der Waals surface area contributed by atoms with Crippen molar-refractivity contribution in [3.05, 3.63) is 23.8 Å². The molecule has 3 N–H and O–H groups in total. The van der Waals surface area contributed by atoms with Crippen molar-refractivity contribution in [2.24, 2.45) is 11.8 Å². The molecule has 1 saturated carbocycles. The number of benzene rings is 1. The van der Waals surface area contributed by atoms with Gasteiger partial charge in [0.2, 0.25) is 5.91 Å². The number of nitrogens with two attached hydrogens (primary N) is 1. The first-order valence-corrected chi connectivity index (χ1v) is 6.56. The van der Waals surface area contributed by atoms with E-state index >= 15 is 0 Å². The topological polar surface area (TPSA) is 55.1 Å². The summed E-state index contributed by atoms with van der Waals surface area (Å²) in [5.41, 5.74) is 4.94. The Morgan fingerprint density at radius 3 is 2.55 bits per heavy atom. The van der Waals surface area contributed by atoms with Crippen LogP contribution in [0.1, 0.15) is 31.7 Å². The predicted molar refractivity (Wildman–Crippen MR) is 71.0 cm³/mol. The third-order valence-corrected chi connectivity index (χ3v) is 3.84. The van der Waals surface area contributed by atoms with Crippen LogP contribution in [0.2, 0.25) is 0 Å². The fraction of sp³-hybridized carbons (Fsp3) is 0.500. The maximum absolute atomic E-state index is 12.5. The number of carbonyl (C=O) groups is 1. The second-order valence-corrected chi connectivity index (χ2v) is 5.30. The molecule has 110 valence electrons. The standard InChI is InChI=1S/C14H17F3N2O/c1-8-3-2-4-10(8)13(20)19-12-6-5-9(7-11(12)18)14(15,16)17/h5-8,10H,2-4,18H2,1H3,(H,19,20). The van der Waals surface area contributed by atoms with Crippen LogP contribution in [0.25, 0.3) is 0 Å². The predicted octanol–water partition coefficient (Wildman–Crippen LogP) is 3.66. The van der Waals surface area contributed by atoms with Gasteiger partial charge in [-0.3, -0.25) is 4.79 Å². The van der Waals surface area contributed by atoms with Gasteiger partial charge in [0, 0.05) is 5.92 Å². The Morgan fingerprint density at radius 1 is 1.35 bits per heavy atom.